The zero-order valence-electron chi connectivity index (χ0n) is 7.40. The fourth-order valence-electron chi connectivity index (χ4n) is 0.927. The normalized spacial score (nSPS) is 27.0. The quantitative estimate of drug-likeness (QED) is 0.655. The Morgan fingerprint density at radius 1 is 1.08 bits per heavy atom. The highest BCUT2D eigenvalue weighted by Gasteiger charge is 2.39. The maximum atomic E-state index is 5.70. The second kappa shape index (κ2) is 3.70. The van der Waals surface area contributed by atoms with E-state index < -0.39 is 5.79 Å². The minimum Gasteiger partial charge on any atom is -0.347 e. The van der Waals surface area contributed by atoms with Gasteiger partial charge in [0.1, 0.15) is 0 Å². The molecule has 0 aromatic heterocycles. The zero-order valence-corrected chi connectivity index (χ0v) is 8.91. The Labute approximate surface area is 83.1 Å². The average Bonchev–Trinajstić information content (AvgIpc) is 2.06. The SMILES string of the molecule is CC1(C)COC(CCl)(CCl)OC1. The van der Waals surface area contributed by atoms with Crippen LogP contribution in [0.1, 0.15) is 13.8 Å². The van der Waals surface area contributed by atoms with Crippen LogP contribution in [0.15, 0.2) is 0 Å². The summed E-state index contributed by atoms with van der Waals surface area (Å²) in [5.41, 5.74) is 0.0710. The van der Waals surface area contributed by atoms with Crippen LogP contribution in [0.5, 0.6) is 0 Å². The number of hydrogen-bond donors (Lipinski definition) is 0. The predicted octanol–water partition coefficient (Wildman–Crippen LogP) is 2.23. The Bertz CT molecular complexity index is 143. The summed E-state index contributed by atoms with van der Waals surface area (Å²) < 4.78 is 11.0. The largest absolute Gasteiger partial charge is 0.347 e. The molecule has 0 aromatic carbocycles. The summed E-state index contributed by atoms with van der Waals surface area (Å²) in [6.07, 6.45) is 0. The van der Waals surface area contributed by atoms with Crippen LogP contribution in [0.2, 0.25) is 0 Å². The molecule has 1 aliphatic heterocycles. The van der Waals surface area contributed by atoms with Crippen molar-refractivity contribution in [1.29, 1.82) is 0 Å². The molecular formula is C8H14Cl2O2. The second-order valence-electron chi connectivity index (χ2n) is 3.92. The molecule has 0 N–H and O–H groups in total. The monoisotopic (exact) mass is 212 g/mol. The minimum atomic E-state index is -0.751. The van der Waals surface area contributed by atoms with Gasteiger partial charge in [0, 0.05) is 5.41 Å². The first-order chi connectivity index (χ1) is 5.54. The van der Waals surface area contributed by atoms with E-state index in [1.807, 2.05) is 0 Å². The Kier molecular flexibility index (Phi) is 3.27. The van der Waals surface area contributed by atoms with Gasteiger partial charge in [-0.2, -0.15) is 0 Å². The van der Waals surface area contributed by atoms with Crippen molar-refractivity contribution in [3.05, 3.63) is 0 Å². The Hall–Kier alpha value is 0.500. The lowest BCUT2D eigenvalue weighted by atomic mass is 9.95. The highest BCUT2D eigenvalue weighted by Crippen LogP contribution is 2.30. The topological polar surface area (TPSA) is 18.5 Å². The lowest BCUT2D eigenvalue weighted by Crippen LogP contribution is -2.50. The first kappa shape index (κ1) is 10.6. The van der Waals surface area contributed by atoms with E-state index in [9.17, 15) is 0 Å². The van der Waals surface area contributed by atoms with Crippen LogP contribution in [0.3, 0.4) is 0 Å². The van der Waals surface area contributed by atoms with Gasteiger partial charge in [-0.15, -0.1) is 23.2 Å². The number of rotatable bonds is 2. The summed E-state index contributed by atoms with van der Waals surface area (Å²) in [5.74, 6) is -0.183. The highest BCUT2D eigenvalue weighted by molar-refractivity contribution is 6.21. The highest BCUT2D eigenvalue weighted by atomic mass is 35.5. The van der Waals surface area contributed by atoms with E-state index in [1.165, 1.54) is 0 Å². The van der Waals surface area contributed by atoms with Crippen molar-refractivity contribution in [2.75, 3.05) is 25.0 Å². The van der Waals surface area contributed by atoms with E-state index >= 15 is 0 Å². The van der Waals surface area contributed by atoms with Crippen LogP contribution in [0, 0.1) is 5.41 Å². The average molecular weight is 213 g/mol. The lowest BCUT2D eigenvalue weighted by molar-refractivity contribution is -0.274. The summed E-state index contributed by atoms with van der Waals surface area (Å²) in [4.78, 5) is 0. The second-order valence-corrected chi connectivity index (χ2v) is 4.45. The van der Waals surface area contributed by atoms with Gasteiger partial charge in [-0.3, -0.25) is 0 Å². The van der Waals surface area contributed by atoms with E-state index in [2.05, 4.69) is 13.8 Å². The first-order valence-electron chi connectivity index (χ1n) is 3.93. The van der Waals surface area contributed by atoms with Gasteiger partial charge in [0.25, 0.3) is 0 Å². The molecule has 0 atom stereocenters. The zero-order chi connectivity index (χ0) is 9.24. The van der Waals surface area contributed by atoms with Crippen molar-refractivity contribution in [3.63, 3.8) is 0 Å². The van der Waals surface area contributed by atoms with Crippen molar-refractivity contribution in [2.24, 2.45) is 5.41 Å². The first-order valence-corrected chi connectivity index (χ1v) is 5.00. The van der Waals surface area contributed by atoms with Gasteiger partial charge in [-0.05, 0) is 0 Å². The maximum absolute atomic E-state index is 5.70. The van der Waals surface area contributed by atoms with Crippen molar-refractivity contribution in [1.82, 2.24) is 0 Å². The van der Waals surface area contributed by atoms with Gasteiger partial charge in [0.15, 0.2) is 5.79 Å². The molecule has 0 amide bonds. The molecule has 1 rings (SSSR count). The van der Waals surface area contributed by atoms with Gasteiger partial charge in [0.2, 0.25) is 0 Å². The molecule has 4 heteroatoms. The minimum absolute atomic E-state index is 0.0710. The van der Waals surface area contributed by atoms with E-state index in [0.717, 1.165) is 0 Å². The smallest absolute Gasteiger partial charge is 0.195 e. The molecule has 1 fully saturated rings. The Morgan fingerprint density at radius 3 is 1.83 bits per heavy atom. The molecule has 0 unspecified atom stereocenters. The third kappa shape index (κ3) is 2.25. The van der Waals surface area contributed by atoms with E-state index in [4.69, 9.17) is 32.7 Å². The fourth-order valence-corrected chi connectivity index (χ4v) is 1.52. The van der Waals surface area contributed by atoms with Crippen LogP contribution in [-0.2, 0) is 9.47 Å². The van der Waals surface area contributed by atoms with Gasteiger partial charge in [0.05, 0.1) is 25.0 Å². The van der Waals surface area contributed by atoms with Crippen LogP contribution in [0.25, 0.3) is 0 Å². The molecule has 1 heterocycles. The van der Waals surface area contributed by atoms with Gasteiger partial charge < -0.3 is 9.47 Å². The van der Waals surface area contributed by atoms with Gasteiger partial charge >= 0.3 is 0 Å². The molecule has 72 valence electrons. The molecule has 0 bridgehead atoms. The fraction of sp³-hybridized carbons (Fsp3) is 1.00. The molecule has 0 spiro atoms. The molecule has 12 heavy (non-hydrogen) atoms. The van der Waals surface area contributed by atoms with Crippen LogP contribution >= 0.6 is 23.2 Å². The Morgan fingerprint density at radius 2 is 1.50 bits per heavy atom. The van der Waals surface area contributed by atoms with Crippen LogP contribution in [-0.4, -0.2) is 30.8 Å². The van der Waals surface area contributed by atoms with Crippen LogP contribution in [0.4, 0.5) is 0 Å². The van der Waals surface area contributed by atoms with Crippen LogP contribution < -0.4 is 0 Å². The van der Waals surface area contributed by atoms with E-state index in [-0.39, 0.29) is 17.2 Å². The molecule has 0 radical (unpaired) electrons. The molecule has 0 aliphatic carbocycles. The summed E-state index contributed by atoms with van der Waals surface area (Å²) in [6.45, 7) is 5.46. The summed E-state index contributed by atoms with van der Waals surface area (Å²) in [5, 5.41) is 0. The number of ether oxygens (including phenoxy) is 2. The predicted molar refractivity (Wildman–Crippen MR) is 49.9 cm³/mol. The van der Waals surface area contributed by atoms with Crippen molar-refractivity contribution in [3.8, 4) is 0 Å². The van der Waals surface area contributed by atoms with E-state index in [1.54, 1.807) is 0 Å². The summed E-state index contributed by atoms with van der Waals surface area (Å²) in [6, 6.07) is 0. The third-order valence-electron chi connectivity index (χ3n) is 1.86. The molecule has 1 saturated heterocycles. The number of alkyl halides is 2. The van der Waals surface area contributed by atoms with E-state index in [0.29, 0.717) is 13.2 Å². The summed E-state index contributed by atoms with van der Waals surface area (Å²) in [7, 11) is 0. The van der Waals surface area contributed by atoms with Gasteiger partial charge in [-0.25, -0.2) is 0 Å². The Balaban J connectivity index is 2.53. The molecule has 0 saturated carbocycles. The maximum Gasteiger partial charge on any atom is 0.195 e. The van der Waals surface area contributed by atoms with Crippen molar-refractivity contribution in [2.45, 2.75) is 19.6 Å². The summed E-state index contributed by atoms with van der Waals surface area (Å²) >= 11 is 11.4. The molecule has 2 nitrogen and oxygen atoms in total. The number of halogens is 2. The lowest BCUT2D eigenvalue weighted by Gasteiger charge is -2.41. The number of hydrogen-bond acceptors (Lipinski definition) is 2. The third-order valence-corrected chi connectivity index (χ3v) is 2.67. The molecule has 0 aromatic rings. The van der Waals surface area contributed by atoms with Crippen molar-refractivity contribution >= 4 is 23.2 Å². The molecular weight excluding hydrogens is 199 g/mol. The van der Waals surface area contributed by atoms with Gasteiger partial charge in [-0.1, -0.05) is 13.8 Å². The van der Waals surface area contributed by atoms with Crippen molar-refractivity contribution < 1.29 is 9.47 Å². The standard InChI is InChI=1S/C8H14Cl2O2/c1-7(2)5-11-8(3-9,4-10)12-6-7/h3-6H2,1-2H3. The molecule has 1 aliphatic rings.